The predicted octanol–water partition coefficient (Wildman–Crippen LogP) is 1.77. The van der Waals surface area contributed by atoms with E-state index < -0.39 is 24.3 Å². The second-order valence-corrected chi connectivity index (χ2v) is 5.40. The van der Waals surface area contributed by atoms with E-state index in [0.29, 0.717) is 36.0 Å². The van der Waals surface area contributed by atoms with Crippen LogP contribution in [0.5, 0.6) is 17.2 Å². The lowest BCUT2D eigenvalue weighted by atomic mass is 10.0. The minimum atomic E-state index is -1.20. The Bertz CT molecular complexity index is 776. The second-order valence-electron chi connectivity index (χ2n) is 5.40. The van der Waals surface area contributed by atoms with Gasteiger partial charge in [-0.3, -0.25) is 4.79 Å². The van der Waals surface area contributed by atoms with E-state index in [1.807, 2.05) is 0 Å². The highest BCUT2D eigenvalue weighted by atomic mass is 16.6. The average Bonchev–Trinajstić information content (AvgIpc) is 2.64. The Balaban J connectivity index is 2.01. The van der Waals surface area contributed by atoms with Crippen molar-refractivity contribution in [3.05, 3.63) is 23.8 Å². The highest BCUT2D eigenvalue weighted by Gasteiger charge is 2.21. The molecule has 1 heterocycles. The number of fused-ring (bicyclic) bond motifs is 1. The van der Waals surface area contributed by atoms with Gasteiger partial charge in [0.05, 0.1) is 13.2 Å². The molecule has 1 aromatic rings. The fourth-order valence-corrected chi connectivity index (χ4v) is 2.24. The minimum absolute atomic E-state index is 0.0903. The van der Waals surface area contributed by atoms with Crippen LogP contribution in [-0.2, 0) is 14.3 Å². The first kappa shape index (κ1) is 19.0. The van der Waals surface area contributed by atoms with Gasteiger partial charge in [-0.1, -0.05) is 0 Å². The summed E-state index contributed by atoms with van der Waals surface area (Å²) in [6.45, 7) is 1.63. The van der Waals surface area contributed by atoms with E-state index in [4.69, 9.17) is 29.6 Å². The quantitative estimate of drug-likeness (QED) is 0.448. The molecule has 2 rings (SSSR count). The van der Waals surface area contributed by atoms with Gasteiger partial charge >= 0.3 is 5.97 Å². The maximum Gasteiger partial charge on any atom is 0.331 e. The molecule has 1 aliphatic rings. The number of hydrogen-bond acceptors (Lipinski definition) is 8. The SMILES string of the molecule is COc1cc(/C=C/C(=O)OCC(=O)C(C#N)C(C)=N)cc2c1OCCO2. The number of carbonyl (C=O) groups is 2. The number of Topliss-reactive ketones (excluding diaryl/α,β-unsaturated/α-hetero) is 1. The number of nitrogens with one attached hydrogen (secondary N) is 1. The number of hydrogen-bond donors (Lipinski definition) is 1. The molecule has 0 fully saturated rings. The van der Waals surface area contributed by atoms with Crippen molar-refractivity contribution in [2.45, 2.75) is 6.92 Å². The number of nitriles is 1. The molecule has 0 spiro atoms. The molecule has 8 nitrogen and oxygen atoms in total. The molecule has 1 aromatic carbocycles. The monoisotopic (exact) mass is 358 g/mol. The first-order valence-electron chi connectivity index (χ1n) is 7.76. The Kier molecular flexibility index (Phi) is 6.33. The molecule has 1 atom stereocenters. The zero-order valence-corrected chi connectivity index (χ0v) is 14.4. The van der Waals surface area contributed by atoms with Crippen LogP contribution in [0, 0.1) is 22.7 Å². The van der Waals surface area contributed by atoms with E-state index in [1.165, 1.54) is 20.1 Å². The Labute approximate surface area is 150 Å². The van der Waals surface area contributed by atoms with Gasteiger partial charge in [0.1, 0.15) is 19.1 Å². The number of esters is 1. The van der Waals surface area contributed by atoms with Crippen molar-refractivity contribution < 1.29 is 28.5 Å². The third-order valence-corrected chi connectivity index (χ3v) is 3.50. The number of ketones is 1. The van der Waals surface area contributed by atoms with E-state index in [0.717, 1.165) is 6.08 Å². The summed E-state index contributed by atoms with van der Waals surface area (Å²) in [6.07, 6.45) is 2.63. The number of nitrogens with zero attached hydrogens (tertiary/aromatic N) is 1. The fourth-order valence-electron chi connectivity index (χ4n) is 2.24. The first-order chi connectivity index (χ1) is 12.5. The molecule has 0 amide bonds. The summed E-state index contributed by atoms with van der Waals surface area (Å²) >= 11 is 0. The van der Waals surface area contributed by atoms with E-state index in [1.54, 1.807) is 18.2 Å². The fraction of sp³-hybridized carbons (Fsp3) is 0.333. The summed E-state index contributed by atoms with van der Waals surface area (Å²) in [5.74, 6) is -1.09. The molecule has 1 unspecified atom stereocenters. The van der Waals surface area contributed by atoms with Gasteiger partial charge in [-0.15, -0.1) is 0 Å². The second kappa shape index (κ2) is 8.67. The zero-order chi connectivity index (χ0) is 19.1. The van der Waals surface area contributed by atoms with Crippen LogP contribution in [0.1, 0.15) is 12.5 Å². The van der Waals surface area contributed by atoms with Crippen LogP contribution in [0.4, 0.5) is 0 Å². The smallest absolute Gasteiger partial charge is 0.331 e. The highest BCUT2D eigenvalue weighted by Crippen LogP contribution is 2.40. The van der Waals surface area contributed by atoms with Crippen molar-refractivity contribution in [1.29, 1.82) is 10.7 Å². The molecule has 26 heavy (non-hydrogen) atoms. The Morgan fingerprint density at radius 3 is 2.77 bits per heavy atom. The minimum Gasteiger partial charge on any atom is -0.493 e. The predicted molar refractivity (Wildman–Crippen MR) is 91.5 cm³/mol. The molecular weight excluding hydrogens is 340 g/mol. The number of ether oxygens (including phenoxy) is 4. The largest absolute Gasteiger partial charge is 0.493 e. The molecule has 1 aliphatic heterocycles. The van der Waals surface area contributed by atoms with Crippen molar-refractivity contribution >= 4 is 23.5 Å². The van der Waals surface area contributed by atoms with Crippen molar-refractivity contribution in [2.24, 2.45) is 5.92 Å². The zero-order valence-electron chi connectivity index (χ0n) is 14.4. The molecule has 0 saturated heterocycles. The lowest BCUT2D eigenvalue weighted by molar-refractivity contribution is -0.143. The summed E-state index contributed by atoms with van der Waals surface area (Å²) in [5, 5.41) is 16.2. The molecule has 136 valence electrons. The lowest BCUT2D eigenvalue weighted by Gasteiger charge is -2.20. The molecular formula is C18H18N2O6. The maximum absolute atomic E-state index is 11.8. The number of methoxy groups -OCH3 is 1. The van der Waals surface area contributed by atoms with Crippen LogP contribution in [0.15, 0.2) is 18.2 Å². The maximum atomic E-state index is 11.8. The standard InChI is InChI=1S/C18H18N2O6/c1-11(20)13(9-19)14(21)10-26-17(22)4-3-12-7-15(23-2)18-16(8-12)24-5-6-25-18/h3-4,7-8,13,20H,5-6,10H2,1-2H3/b4-3+,20-11?. The van der Waals surface area contributed by atoms with Gasteiger partial charge in [-0.25, -0.2) is 4.79 Å². The van der Waals surface area contributed by atoms with Crippen LogP contribution in [0.2, 0.25) is 0 Å². The summed E-state index contributed by atoms with van der Waals surface area (Å²) in [4.78, 5) is 23.5. The molecule has 0 aliphatic carbocycles. The van der Waals surface area contributed by atoms with Crippen molar-refractivity contribution in [1.82, 2.24) is 0 Å². The van der Waals surface area contributed by atoms with Crippen molar-refractivity contribution in [3.8, 4) is 23.3 Å². The van der Waals surface area contributed by atoms with Crippen LogP contribution in [0.3, 0.4) is 0 Å². The Hall–Kier alpha value is -3.34. The summed E-state index contributed by atoms with van der Waals surface area (Å²) < 4.78 is 21.1. The average molecular weight is 358 g/mol. The van der Waals surface area contributed by atoms with Gasteiger partial charge in [0.15, 0.2) is 23.9 Å². The van der Waals surface area contributed by atoms with Crippen LogP contribution in [0.25, 0.3) is 6.08 Å². The van der Waals surface area contributed by atoms with Gasteiger partial charge in [0, 0.05) is 11.8 Å². The molecule has 0 aromatic heterocycles. The van der Waals surface area contributed by atoms with Gasteiger partial charge < -0.3 is 24.4 Å². The highest BCUT2D eigenvalue weighted by molar-refractivity contribution is 6.06. The van der Waals surface area contributed by atoms with Gasteiger partial charge in [0.25, 0.3) is 0 Å². The molecule has 0 radical (unpaired) electrons. The summed E-state index contributed by atoms with van der Waals surface area (Å²) in [6, 6.07) is 5.07. The lowest BCUT2D eigenvalue weighted by Crippen LogP contribution is -2.25. The van der Waals surface area contributed by atoms with Crippen LogP contribution < -0.4 is 14.2 Å². The molecule has 0 bridgehead atoms. The van der Waals surface area contributed by atoms with Crippen molar-refractivity contribution in [3.63, 3.8) is 0 Å². The van der Waals surface area contributed by atoms with E-state index in [-0.39, 0.29) is 5.71 Å². The molecule has 0 saturated carbocycles. The Morgan fingerprint density at radius 1 is 1.38 bits per heavy atom. The Morgan fingerprint density at radius 2 is 2.12 bits per heavy atom. The van der Waals surface area contributed by atoms with E-state index >= 15 is 0 Å². The van der Waals surface area contributed by atoms with Gasteiger partial charge in [0.2, 0.25) is 5.75 Å². The first-order valence-corrected chi connectivity index (χ1v) is 7.76. The third-order valence-electron chi connectivity index (χ3n) is 3.50. The van der Waals surface area contributed by atoms with Crippen LogP contribution >= 0.6 is 0 Å². The molecule has 8 heteroatoms. The summed E-state index contributed by atoms with van der Waals surface area (Å²) in [7, 11) is 1.50. The number of benzene rings is 1. The topological polar surface area (TPSA) is 119 Å². The van der Waals surface area contributed by atoms with Gasteiger partial charge in [-0.05, 0) is 30.7 Å². The van der Waals surface area contributed by atoms with E-state index in [2.05, 4.69) is 0 Å². The van der Waals surface area contributed by atoms with E-state index in [9.17, 15) is 9.59 Å². The number of carbonyl (C=O) groups excluding carboxylic acids is 2. The normalized spacial score (nSPS) is 13.6. The number of rotatable bonds is 7. The van der Waals surface area contributed by atoms with Gasteiger partial charge in [-0.2, -0.15) is 5.26 Å². The molecule has 1 N–H and O–H groups in total. The summed E-state index contributed by atoms with van der Waals surface area (Å²) in [5.41, 5.74) is 0.534. The van der Waals surface area contributed by atoms with Crippen molar-refractivity contribution in [2.75, 3.05) is 26.9 Å². The third kappa shape index (κ3) is 4.60. The van der Waals surface area contributed by atoms with Crippen LogP contribution in [-0.4, -0.2) is 44.4 Å².